The molecular weight excluding hydrogens is 304 g/mol. The van der Waals surface area contributed by atoms with Crippen LogP contribution in [-0.2, 0) is 0 Å². The lowest BCUT2D eigenvalue weighted by molar-refractivity contribution is 1.14. The van der Waals surface area contributed by atoms with Gasteiger partial charge in [-0.05, 0) is 42.7 Å². The van der Waals surface area contributed by atoms with Crippen LogP contribution < -0.4 is 0 Å². The van der Waals surface area contributed by atoms with Crippen LogP contribution in [0.2, 0.25) is 4.34 Å². The van der Waals surface area contributed by atoms with Gasteiger partial charge in [0.2, 0.25) is 0 Å². The Morgan fingerprint density at radius 2 is 1.75 bits per heavy atom. The van der Waals surface area contributed by atoms with Crippen LogP contribution in [0.1, 0.15) is 26.4 Å². The van der Waals surface area contributed by atoms with Crippen molar-refractivity contribution in [1.29, 1.82) is 0 Å². The van der Waals surface area contributed by atoms with Gasteiger partial charge in [-0.25, -0.2) is 0 Å². The van der Waals surface area contributed by atoms with Crippen molar-refractivity contribution in [1.82, 2.24) is 0 Å². The van der Waals surface area contributed by atoms with E-state index in [1.165, 1.54) is 21.6 Å². The van der Waals surface area contributed by atoms with Gasteiger partial charge in [0, 0.05) is 4.88 Å². The van der Waals surface area contributed by atoms with Gasteiger partial charge in [-0.2, -0.15) is 0 Å². The molecule has 2 rings (SSSR count). The van der Waals surface area contributed by atoms with E-state index in [1.54, 1.807) is 11.3 Å². The number of hydrogen-bond acceptors (Lipinski definition) is 1. The predicted molar refractivity (Wildman–Crippen MR) is 76.0 cm³/mol. The van der Waals surface area contributed by atoms with Gasteiger partial charge < -0.3 is 0 Å². The second kappa shape index (κ2) is 4.91. The minimum absolute atomic E-state index is 0.242. The first-order valence-electron chi connectivity index (χ1n) is 5.05. The van der Waals surface area contributed by atoms with E-state index in [-0.39, 0.29) is 4.83 Å². The minimum atomic E-state index is 0.242. The average molecular weight is 316 g/mol. The van der Waals surface area contributed by atoms with Crippen LogP contribution >= 0.6 is 38.9 Å². The molecule has 3 heteroatoms. The molecule has 1 aromatic heterocycles. The maximum Gasteiger partial charge on any atom is 0.0931 e. The molecule has 0 aliphatic rings. The van der Waals surface area contributed by atoms with E-state index in [9.17, 15) is 0 Å². The Bertz CT molecular complexity index is 484. The molecule has 0 nitrogen and oxygen atoms in total. The van der Waals surface area contributed by atoms with Gasteiger partial charge in [0.1, 0.15) is 0 Å². The smallest absolute Gasteiger partial charge is 0.0931 e. The van der Waals surface area contributed by atoms with Crippen LogP contribution in [0.3, 0.4) is 0 Å². The summed E-state index contributed by atoms with van der Waals surface area (Å²) >= 11 is 11.4. The fourth-order valence-electron chi connectivity index (χ4n) is 1.83. The summed E-state index contributed by atoms with van der Waals surface area (Å²) in [6, 6.07) is 10.4. The van der Waals surface area contributed by atoms with Crippen molar-refractivity contribution in [3.63, 3.8) is 0 Å². The zero-order valence-corrected chi connectivity index (χ0v) is 12.3. The molecule has 2 aromatic rings. The van der Waals surface area contributed by atoms with E-state index in [2.05, 4.69) is 54.0 Å². The first-order chi connectivity index (χ1) is 7.59. The normalized spacial score (nSPS) is 12.8. The average Bonchev–Trinajstić information content (AvgIpc) is 2.64. The third kappa shape index (κ3) is 2.34. The van der Waals surface area contributed by atoms with Crippen molar-refractivity contribution >= 4 is 38.9 Å². The van der Waals surface area contributed by atoms with Gasteiger partial charge in [-0.15, -0.1) is 11.3 Å². The minimum Gasteiger partial charge on any atom is -0.127 e. The highest BCUT2D eigenvalue weighted by Crippen LogP contribution is 2.39. The van der Waals surface area contributed by atoms with Crippen LogP contribution in [0.5, 0.6) is 0 Å². The fourth-order valence-corrected chi connectivity index (χ4v) is 4.04. The summed E-state index contributed by atoms with van der Waals surface area (Å²) in [4.78, 5) is 1.49. The van der Waals surface area contributed by atoms with Crippen LogP contribution in [0.25, 0.3) is 0 Å². The number of halogens is 2. The number of alkyl halides is 1. The molecule has 1 atom stereocenters. The number of thiophene rings is 1. The lowest BCUT2D eigenvalue weighted by atomic mass is 9.99. The quantitative estimate of drug-likeness (QED) is 0.642. The van der Waals surface area contributed by atoms with Gasteiger partial charge in [0.25, 0.3) is 0 Å². The molecule has 0 aliphatic heterocycles. The molecule has 0 amide bonds. The summed E-state index contributed by atoms with van der Waals surface area (Å²) < 4.78 is 0.839. The zero-order valence-electron chi connectivity index (χ0n) is 9.13. The molecule has 1 unspecified atom stereocenters. The summed E-state index contributed by atoms with van der Waals surface area (Å²) in [6.45, 7) is 4.29. The Balaban J connectivity index is 2.45. The van der Waals surface area contributed by atoms with Crippen molar-refractivity contribution in [3.05, 3.63) is 56.2 Å². The maximum atomic E-state index is 5.97. The largest absolute Gasteiger partial charge is 0.127 e. The number of aryl methyl sites for hydroxylation is 2. The predicted octanol–water partition coefficient (Wildman–Crippen LogP) is 5.50. The molecule has 0 saturated heterocycles. The van der Waals surface area contributed by atoms with E-state index < -0.39 is 0 Å². The van der Waals surface area contributed by atoms with Gasteiger partial charge in [-0.1, -0.05) is 45.7 Å². The Morgan fingerprint density at radius 3 is 2.25 bits per heavy atom. The molecule has 1 aromatic carbocycles. The van der Waals surface area contributed by atoms with Gasteiger partial charge in [0.15, 0.2) is 0 Å². The molecule has 0 radical (unpaired) electrons. The Kier molecular flexibility index (Phi) is 3.73. The topological polar surface area (TPSA) is 0 Å². The Labute approximate surface area is 113 Å². The monoisotopic (exact) mass is 314 g/mol. The SMILES string of the molecule is Cc1cccc(C)c1C(Br)c1ccc(Cl)s1. The van der Waals surface area contributed by atoms with E-state index in [0.29, 0.717) is 0 Å². The summed E-state index contributed by atoms with van der Waals surface area (Å²) in [5, 5.41) is 0. The van der Waals surface area contributed by atoms with E-state index in [0.717, 1.165) is 4.34 Å². The second-order valence-electron chi connectivity index (χ2n) is 3.81. The summed E-state index contributed by atoms with van der Waals surface area (Å²) in [7, 11) is 0. The fraction of sp³-hybridized carbons (Fsp3) is 0.231. The molecule has 0 aliphatic carbocycles. The molecule has 16 heavy (non-hydrogen) atoms. The summed E-state index contributed by atoms with van der Waals surface area (Å²) in [5.74, 6) is 0. The van der Waals surface area contributed by atoms with Crippen molar-refractivity contribution in [2.75, 3.05) is 0 Å². The van der Waals surface area contributed by atoms with E-state index >= 15 is 0 Å². The highest BCUT2D eigenvalue weighted by molar-refractivity contribution is 9.09. The second-order valence-corrected chi connectivity index (χ2v) is 6.47. The van der Waals surface area contributed by atoms with Crippen molar-refractivity contribution in [2.24, 2.45) is 0 Å². The van der Waals surface area contributed by atoms with Gasteiger partial charge in [0.05, 0.1) is 9.16 Å². The Morgan fingerprint density at radius 1 is 1.12 bits per heavy atom. The zero-order chi connectivity index (χ0) is 11.7. The molecule has 84 valence electrons. The first kappa shape index (κ1) is 12.2. The summed E-state index contributed by atoms with van der Waals surface area (Å²) in [6.07, 6.45) is 0. The standard InChI is InChI=1S/C13H12BrClS/c1-8-4-3-5-9(2)12(8)13(14)10-6-7-11(15)16-10/h3-7,13H,1-2H3. The van der Waals surface area contributed by atoms with Crippen molar-refractivity contribution in [2.45, 2.75) is 18.7 Å². The van der Waals surface area contributed by atoms with Gasteiger partial charge >= 0.3 is 0 Å². The third-order valence-corrected chi connectivity index (χ3v) is 5.19. The maximum absolute atomic E-state index is 5.97. The van der Waals surface area contributed by atoms with Crippen molar-refractivity contribution in [3.8, 4) is 0 Å². The molecule has 0 bridgehead atoms. The van der Waals surface area contributed by atoms with Crippen LogP contribution in [-0.4, -0.2) is 0 Å². The lowest BCUT2D eigenvalue weighted by Crippen LogP contribution is -1.96. The molecule has 0 N–H and O–H groups in total. The molecule has 0 spiro atoms. The van der Waals surface area contributed by atoms with Crippen LogP contribution in [0, 0.1) is 13.8 Å². The molecule has 0 fully saturated rings. The highest BCUT2D eigenvalue weighted by atomic mass is 79.9. The van der Waals surface area contributed by atoms with Crippen LogP contribution in [0.4, 0.5) is 0 Å². The highest BCUT2D eigenvalue weighted by Gasteiger charge is 2.16. The molecular formula is C13H12BrClS. The third-order valence-electron chi connectivity index (χ3n) is 2.64. The first-order valence-corrected chi connectivity index (χ1v) is 7.16. The number of rotatable bonds is 2. The Hall–Kier alpha value is -0.310. The van der Waals surface area contributed by atoms with Gasteiger partial charge in [-0.3, -0.25) is 0 Å². The summed E-state index contributed by atoms with van der Waals surface area (Å²) in [5.41, 5.74) is 3.97. The van der Waals surface area contributed by atoms with Crippen molar-refractivity contribution < 1.29 is 0 Å². The van der Waals surface area contributed by atoms with Crippen LogP contribution in [0.15, 0.2) is 30.3 Å². The lowest BCUT2D eigenvalue weighted by Gasteiger charge is -2.14. The van der Waals surface area contributed by atoms with E-state index in [4.69, 9.17) is 11.6 Å². The molecule has 0 saturated carbocycles. The molecule has 1 heterocycles. The number of benzene rings is 1. The van der Waals surface area contributed by atoms with E-state index in [1.807, 2.05) is 6.07 Å². The number of hydrogen-bond donors (Lipinski definition) is 0.